The summed E-state index contributed by atoms with van der Waals surface area (Å²) in [5.74, 6) is 0.0914. The maximum atomic E-state index is 14.0. The first-order chi connectivity index (χ1) is 21.0. The summed E-state index contributed by atoms with van der Waals surface area (Å²) in [6.45, 7) is 5.07. The highest BCUT2D eigenvalue weighted by Crippen LogP contribution is 2.26. The van der Waals surface area contributed by atoms with E-state index < -0.39 is 16.1 Å². The Balaban J connectivity index is 1.88. The smallest absolute Gasteiger partial charge is 0.243 e. The van der Waals surface area contributed by atoms with E-state index in [4.69, 9.17) is 27.9 Å². The number of hydrogen-bond donors (Lipinski definition) is 1. The maximum absolute atomic E-state index is 14.0. The van der Waals surface area contributed by atoms with Gasteiger partial charge < -0.3 is 15.0 Å². The lowest BCUT2D eigenvalue weighted by atomic mass is 10.0. The van der Waals surface area contributed by atoms with E-state index in [2.05, 4.69) is 5.32 Å². The number of carbonyl (C=O) groups is 2. The molecule has 0 aliphatic rings. The third-order valence-corrected chi connectivity index (χ3v) is 8.83. The molecule has 0 radical (unpaired) electrons. The largest absolute Gasteiger partial charge is 0.494 e. The number of nitrogens with one attached hydrogen (secondary N) is 1. The number of halogens is 2. The fourth-order valence-electron chi connectivity index (χ4n) is 4.77. The molecule has 0 saturated heterocycles. The van der Waals surface area contributed by atoms with E-state index in [1.807, 2.05) is 44.2 Å². The third kappa shape index (κ3) is 10.7. The van der Waals surface area contributed by atoms with E-state index >= 15 is 0 Å². The van der Waals surface area contributed by atoms with Crippen LogP contribution in [0.1, 0.15) is 50.7 Å². The van der Waals surface area contributed by atoms with E-state index in [0.717, 1.165) is 24.7 Å². The molecule has 11 heteroatoms. The van der Waals surface area contributed by atoms with Crippen LogP contribution in [0.4, 0.5) is 5.69 Å². The lowest BCUT2D eigenvalue weighted by Crippen LogP contribution is -2.50. The molecule has 2 amide bonds. The van der Waals surface area contributed by atoms with Crippen LogP contribution in [-0.4, -0.2) is 57.1 Å². The second-order valence-corrected chi connectivity index (χ2v) is 13.2. The zero-order chi connectivity index (χ0) is 32.1. The summed E-state index contributed by atoms with van der Waals surface area (Å²) in [5, 5.41) is 3.84. The lowest BCUT2D eigenvalue weighted by Gasteiger charge is -2.32. The Labute approximate surface area is 271 Å². The highest BCUT2D eigenvalue weighted by atomic mass is 35.5. The van der Waals surface area contributed by atoms with Gasteiger partial charge in [0.1, 0.15) is 11.8 Å². The van der Waals surface area contributed by atoms with Gasteiger partial charge in [-0.3, -0.25) is 13.9 Å². The highest BCUT2D eigenvalue weighted by molar-refractivity contribution is 7.92. The maximum Gasteiger partial charge on any atom is 0.243 e. The molecule has 1 unspecified atom stereocenters. The van der Waals surface area contributed by atoms with Gasteiger partial charge in [0.15, 0.2) is 0 Å². The number of ether oxygens (including phenoxy) is 1. The molecule has 0 fully saturated rings. The molecule has 0 saturated carbocycles. The van der Waals surface area contributed by atoms with Crippen molar-refractivity contribution in [2.24, 2.45) is 0 Å². The standard InChI is InChI=1S/C33H41Cl2N3O5S/c1-4-6-20-36-33(40)31(22-25-11-8-7-9-12-25)37(24-26-14-15-27(34)23-30(26)35)32(39)13-10-21-38(44(3,41)42)28-16-18-29(19-17-28)43-5-2/h7-9,11-12,14-19,23,31H,4-6,10,13,20-22,24H2,1-3H3,(H,36,40). The molecule has 3 aromatic carbocycles. The zero-order valence-electron chi connectivity index (χ0n) is 25.5. The van der Waals surface area contributed by atoms with Crippen LogP contribution in [0, 0.1) is 0 Å². The number of sulfonamides is 1. The minimum absolute atomic E-state index is 0.0157. The molecule has 0 bridgehead atoms. The van der Waals surface area contributed by atoms with Gasteiger partial charge in [0.25, 0.3) is 0 Å². The first kappa shape index (κ1) is 35.2. The predicted octanol–water partition coefficient (Wildman–Crippen LogP) is 6.49. The second-order valence-electron chi connectivity index (χ2n) is 10.5. The van der Waals surface area contributed by atoms with Crippen LogP contribution in [0.15, 0.2) is 72.8 Å². The topological polar surface area (TPSA) is 96.0 Å². The van der Waals surface area contributed by atoms with Gasteiger partial charge in [0.2, 0.25) is 21.8 Å². The molecule has 0 aliphatic carbocycles. The summed E-state index contributed by atoms with van der Waals surface area (Å²) in [4.78, 5) is 29.1. The minimum Gasteiger partial charge on any atom is -0.494 e. The fourth-order valence-corrected chi connectivity index (χ4v) is 6.21. The Hall–Kier alpha value is -3.27. The monoisotopic (exact) mass is 661 g/mol. The van der Waals surface area contributed by atoms with Gasteiger partial charge in [-0.05, 0) is 67.3 Å². The third-order valence-electron chi connectivity index (χ3n) is 7.04. The van der Waals surface area contributed by atoms with Crippen molar-refractivity contribution in [1.82, 2.24) is 10.2 Å². The Morgan fingerprint density at radius 3 is 2.27 bits per heavy atom. The SMILES string of the molecule is CCCCNC(=O)C(Cc1ccccc1)N(Cc1ccc(Cl)cc1Cl)C(=O)CCCN(c1ccc(OCC)cc1)S(C)(=O)=O. The van der Waals surface area contributed by atoms with Gasteiger partial charge >= 0.3 is 0 Å². The molecule has 44 heavy (non-hydrogen) atoms. The first-order valence-electron chi connectivity index (χ1n) is 14.8. The van der Waals surface area contributed by atoms with Crippen LogP contribution in [0.25, 0.3) is 0 Å². The molecule has 0 aliphatic heterocycles. The van der Waals surface area contributed by atoms with Crippen molar-refractivity contribution in [3.05, 3.63) is 94.0 Å². The molecular weight excluding hydrogens is 621 g/mol. The van der Waals surface area contributed by atoms with Crippen molar-refractivity contribution in [2.45, 2.75) is 58.5 Å². The van der Waals surface area contributed by atoms with E-state index in [1.54, 1.807) is 47.4 Å². The normalized spacial score (nSPS) is 11.9. The van der Waals surface area contributed by atoms with Crippen molar-refractivity contribution in [3.63, 3.8) is 0 Å². The van der Waals surface area contributed by atoms with Gasteiger partial charge in [-0.15, -0.1) is 0 Å². The number of amides is 2. The van der Waals surface area contributed by atoms with Crippen LogP contribution >= 0.6 is 23.2 Å². The predicted molar refractivity (Wildman–Crippen MR) is 178 cm³/mol. The van der Waals surface area contributed by atoms with E-state index in [-0.39, 0.29) is 37.7 Å². The quantitative estimate of drug-likeness (QED) is 0.167. The number of anilines is 1. The minimum atomic E-state index is -3.63. The van der Waals surface area contributed by atoms with Crippen molar-refractivity contribution in [2.75, 3.05) is 30.3 Å². The van der Waals surface area contributed by atoms with Crippen molar-refractivity contribution >= 4 is 50.7 Å². The van der Waals surface area contributed by atoms with E-state index in [1.165, 1.54) is 4.31 Å². The Kier molecular flexibility index (Phi) is 13.8. The zero-order valence-corrected chi connectivity index (χ0v) is 27.8. The molecule has 3 rings (SSSR count). The Morgan fingerprint density at radius 2 is 1.66 bits per heavy atom. The second kappa shape index (κ2) is 17.3. The summed E-state index contributed by atoms with van der Waals surface area (Å²) in [7, 11) is -3.63. The van der Waals surface area contributed by atoms with Gasteiger partial charge in [0.05, 0.1) is 18.6 Å². The van der Waals surface area contributed by atoms with Crippen molar-refractivity contribution in [1.29, 1.82) is 0 Å². The van der Waals surface area contributed by atoms with Crippen molar-refractivity contribution in [3.8, 4) is 5.75 Å². The summed E-state index contributed by atoms with van der Waals surface area (Å²) in [5.41, 5.74) is 2.03. The van der Waals surface area contributed by atoms with Gasteiger partial charge in [-0.1, -0.05) is 72.9 Å². The van der Waals surface area contributed by atoms with Crippen LogP contribution in [-0.2, 0) is 32.6 Å². The number of nitrogens with zero attached hydrogens (tertiary/aromatic N) is 2. The van der Waals surface area contributed by atoms with Crippen LogP contribution in [0.2, 0.25) is 10.0 Å². The Bertz CT molecular complexity index is 1470. The number of carbonyl (C=O) groups excluding carboxylic acids is 2. The van der Waals surface area contributed by atoms with Crippen molar-refractivity contribution < 1.29 is 22.7 Å². The summed E-state index contributed by atoms with van der Waals surface area (Å²) in [6, 6.07) is 20.5. The molecule has 238 valence electrons. The van der Waals surface area contributed by atoms with Gasteiger partial charge in [-0.2, -0.15) is 0 Å². The van der Waals surface area contributed by atoms with E-state index in [0.29, 0.717) is 46.6 Å². The van der Waals surface area contributed by atoms with E-state index in [9.17, 15) is 18.0 Å². The molecule has 1 N–H and O–H groups in total. The molecule has 3 aromatic rings. The molecular formula is C33H41Cl2N3O5S. The number of benzene rings is 3. The van der Waals surface area contributed by atoms with Crippen LogP contribution in [0.3, 0.4) is 0 Å². The molecule has 0 spiro atoms. The summed E-state index contributed by atoms with van der Waals surface area (Å²) < 4.78 is 32.2. The molecule has 1 atom stereocenters. The lowest BCUT2D eigenvalue weighted by molar-refractivity contribution is -0.141. The van der Waals surface area contributed by atoms with Crippen LogP contribution in [0.5, 0.6) is 5.75 Å². The Morgan fingerprint density at radius 1 is 0.955 bits per heavy atom. The van der Waals surface area contributed by atoms with Gasteiger partial charge in [0, 0.05) is 42.5 Å². The van der Waals surface area contributed by atoms with Crippen LogP contribution < -0.4 is 14.4 Å². The molecule has 0 heterocycles. The first-order valence-corrected chi connectivity index (χ1v) is 17.4. The number of hydrogen-bond acceptors (Lipinski definition) is 5. The number of unbranched alkanes of at least 4 members (excludes halogenated alkanes) is 1. The average molecular weight is 663 g/mol. The highest BCUT2D eigenvalue weighted by Gasteiger charge is 2.31. The number of rotatable bonds is 17. The summed E-state index contributed by atoms with van der Waals surface area (Å²) in [6.07, 6.45) is 3.42. The fraction of sp³-hybridized carbons (Fsp3) is 0.394. The summed E-state index contributed by atoms with van der Waals surface area (Å²) >= 11 is 12.6. The van der Waals surface area contributed by atoms with Gasteiger partial charge in [-0.25, -0.2) is 8.42 Å². The average Bonchev–Trinajstić information content (AvgIpc) is 2.98. The molecule has 0 aromatic heterocycles. The molecule has 8 nitrogen and oxygen atoms in total.